The summed E-state index contributed by atoms with van der Waals surface area (Å²) in [5, 5.41) is 12.9. The predicted molar refractivity (Wildman–Crippen MR) is 210 cm³/mol. The highest BCUT2D eigenvalue weighted by Gasteiger charge is 2.46. The van der Waals surface area contributed by atoms with Crippen LogP contribution < -0.4 is 5.32 Å². The fraction of sp³-hybridized carbons (Fsp3) is 0.625. The molecule has 284 valence electrons. The standard InChI is InChI=1S/C24H34Br2N2O2.C16H21N3O3/c1-16(13-17-14-20(25)22(29)21(26)15-17)23(30)28-11-5-19(6-12-28)27-9-3-18(4-10-27)24(2)7-8-24;1-22-16(21)18-9-7-13(8-10-18)19-11-6-12-4-2-3-5-14(12)17-15(19)20/h14-16,18-19,29H,3-13H2,1-2H3;2-5,13H,6-11H2,1H3,(H,17,20)/t16-;/m1./s1. The Morgan fingerprint density at radius 2 is 1.50 bits per heavy atom. The molecule has 0 unspecified atom stereocenters. The van der Waals surface area contributed by atoms with Crippen LogP contribution in [0.25, 0.3) is 0 Å². The number of para-hydroxylation sites is 1. The van der Waals surface area contributed by atoms with Crippen molar-refractivity contribution in [2.45, 2.75) is 90.1 Å². The number of benzene rings is 2. The highest BCUT2D eigenvalue weighted by molar-refractivity contribution is 9.11. The van der Waals surface area contributed by atoms with Gasteiger partial charge >= 0.3 is 12.1 Å². The third kappa shape index (κ3) is 9.27. The number of ether oxygens (including phenoxy) is 1. The Bertz CT molecular complexity index is 1560. The lowest BCUT2D eigenvalue weighted by Crippen LogP contribution is -2.50. The number of fused-ring (bicyclic) bond motifs is 1. The lowest BCUT2D eigenvalue weighted by atomic mass is 9.82. The minimum atomic E-state index is -0.286. The number of anilines is 1. The maximum atomic E-state index is 13.0. The molecule has 4 heterocycles. The van der Waals surface area contributed by atoms with Crippen molar-refractivity contribution in [2.24, 2.45) is 17.3 Å². The van der Waals surface area contributed by atoms with Crippen molar-refractivity contribution in [3.8, 4) is 5.75 Å². The molecule has 2 aromatic rings. The van der Waals surface area contributed by atoms with Crippen LogP contribution in [0.15, 0.2) is 45.3 Å². The van der Waals surface area contributed by atoms with Gasteiger partial charge in [-0.15, -0.1) is 0 Å². The fourth-order valence-electron chi connectivity index (χ4n) is 8.73. The normalized spacial score (nSPS) is 22.0. The number of hydrogen-bond donors (Lipinski definition) is 2. The van der Waals surface area contributed by atoms with E-state index < -0.39 is 0 Å². The van der Waals surface area contributed by atoms with Gasteiger partial charge in [-0.05, 0) is 150 Å². The summed E-state index contributed by atoms with van der Waals surface area (Å²) in [6, 6.07) is 12.5. The quantitative estimate of drug-likeness (QED) is 0.307. The van der Waals surface area contributed by atoms with Crippen LogP contribution in [0.5, 0.6) is 5.75 Å². The van der Waals surface area contributed by atoms with E-state index in [1.165, 1.54) is 51.4 Å². The minimum Gasteiger partial charge on any atom is -0.506 e. The number of carbonyl (C=O) groups excluding carboxylic acids is 3. The average Bonchev–Trinajstić information content (AvgIpc) is 3.95. The van der Waals surface area contributed by atoms with Crippen LogP contribution >= 0.6 is 31.9 Å². The van der Waals surface area contributed by atoms with Crippen molar-refractivity contribution in [1.29, 1.82) is 0 Å². The van der Waals surface area contributed by atoms with Crippen molar-refractivity contribution in [3.63, 3.8) is 0 Å². The van der Waals surface area contributed by atoms with Crippen LogP contribution in [-0.4, -0.2) is 108 Å². The number of urea groups is 1. The van der Waals surface area contributed by atoms with E-state index in [0.717, 1.165) is 62.4 Å². The van der Waals surface area contributed by atoms with Gasteiger partial charge in [0.25, 0.3) is 0 Å². The molecule has 52 heavy (non-hydrogen) atoms. The Morgan fingerprint density at radius 3 is 2.12 bits per heavy atom. The van der Waals surface area contributed by atoms with Crippen molar-refractivity contribution in [3.05, 3.63) is 56.5 Å². The van der Waals surface area contributed by atoms with Crippen LogP contribution in [0.2, 0.25) is 0 Å². The number of carbonyl (C=O) groups is 3. The molecule has 10 nitrogen and oxygen atoms in total. The van der Waals surface area contributed by atoms with E-state index in [-0.39, 0.29) is 35.7 Å². The first-order valence-electron chi connectivity index (χ1n) is 19.1. The third-order valence-corrected chi connectivity index (χ3v) is 13.6. The predicted octanol–water partition coefficient (Wildman–Crippen LogP) is 7.91. The zero-order valence-corrected chi connectivity index (χ0v) is 34.1. The van der Waals surface area contributed by atoms with Gasteiger partial charge in [0.1, 0.15) is 5.75 Å². The van der Waals surface area contributed by atoms with E-state index in [0.29, 0.717) is 46.5 Å². The molecule has 0 bridgehead atoms. The highest BCUT2D eigenvalue weighted by Crippen LogP contribution is 2.54. The summed E-state index contributed by atoms with van der Waals surface area (Å²) < 4.78 is 6.07. The topological polar surface area (TPSA) is 106 Å². The zero-order chi connectivity index (χ0) is 37.0. The number of piperidine rings is 3. The Kier molecular flexibility index (Phi) is 12.8. The van der Waals surface area contributed by atoms with E-state index in [1.807, 2.05) is 42.2 Å². The highest BCUT2D eigenvalue weighted by atomic mass is 79.9. The zero-order valence-electron chi connectivity index (χ0n) is 30.9. The first kappa shape index (κ1) is 38.9. The average molecular weight is 846 g/mol. The molecule has 0 radical (unpaired) electrons. The van der Waals surface area contributed by atoms with Gasteiger partial charge in [0.2, 0.25) is 5.91 Å². The molecular formula is C40H55Br2N5O5. The molecule has 4 aliphatic heterocycles. The largest absolute Gasteiger partial charge is 0.506 e. The van der Waals surface area contributed by atoms with Gasteiger partial charge in [-0.2, -0.15) is 0 Å². The fourth-order valence-corrected chi connectivity index (χ4v) is 10.0. The van der Waals surface area contributed by atoms with Crippen molar-refractivity contribution in [1.82, 2.24) is 19.6 Å². The number of likely N-dealkylation sites (tertiary alicyclic amines) is 3. The first-order valence-corrected chi connectivity index (χ1v) is 20.7. The van der Waals surface area contributed by atoms with Crippen LogP contribution in [0, 0.1) is 17.3 Å². The van der Waals surface area contributed by atoms with Gasteiger partial charge in [-0.25, -0.2) is 9.59 Å². The van der Waals surface area contributed by atoms with Crippen LogP contribution in [0.4, 0.5) is 15.3 Å². The minimum absolute atomic E-state index is 0.0403. The maximum absolute atomic E-state index is 13.0. The summed E-state index contributed by atoms with van der Waals surface area (Å²) in [5.74, 6) is 1.35. The number of rotatable bonds is 6. The number of phenols is 1. The van der Waals surface area contributed by atoms with E-state index >= 15 is 0 Å². The molecule has 3 saturated heterocycles. The second kappa shape index (κ2) is 17.1. The lowest BCUT2D eigenvalue weighted by molar-refractivity contribution is -0.136. The molecule has 2 aromatic carbocycles. The van der Waals surface area contributed by atoms with E-state index in [4.69, 9.17) is 4.74 Å². The van der Waals surface area contributed by atoms with Crippen LogP contribution in [-0.2, 0) is 22.4 Å². The van der Waals surface area contributed by atoms with Gasteiger partial charge < -0.3 is 34.8 Å². The molecule has 7 rings (SSSR count). The summed E-state index contributed by atoms with van der Waals surface area (Å²) in [6.45, 7) is 10.7. The second-order valence-electron chi connectivity index (χ2n) is 15.8. The molecule has 1 saturated carbocycles. The van der Waals surface area contributed by atoms with Crippen molar-refractivity contribution >= 4 is 55.6 Å². The number of aromatic hydroxyl groups is 1. The maximum Gasteiger partial charge on any atom is 0.409 e. The first-order chi connectivity index (χ1) is 25.0. The van der Waals surface area contributed by atoms with Gasteiger partial charge in [-0.3, -0.25) is 4.79 Å². The summed E-state index contributed by atoms with van der Waals surface area (Å²) >= 11 is 6.77. The number of amides is 4. The molecule has 12 heteroatoms. The van der Waals surface area contributed by atoms with Gasteiger partial charge in [0, 0.05) is 56.4 Å². The molecule has 0 aromatic heterocycles. The van der Waals surface area contributed by atoms with Gasteiger partial charge in [0.05, 0.1) is 16.1 Å². The molecule has 5 aliphatic rings. The summed E-state index contributed by atoms with van der Waals surface area (Å²) in [7, 11) is 1.40. The molecule has 4 amide bonds. The number of phenolic OH excluding ortho intramolecular Hbond substituents is 1. The number of nitrogens with one attached hydrogen (secondary N) is 1. The summed E-state index contributed by atoms with van der Waals surface area (Å²) in [4.78, 5) is 45.4. The van der Waals surface area contributed by atoms with Crippen molar-refractivity contribution < 1.29 is 24.2 Å². The third-order valence-electron chi connectivity index (χ3n) is 12.4. The Labute approximate surface area is 325 Å². The number of halogens is 2. The van der Waals surface area contributed by atoms with Crippen LogP contribution in [0.1, 0.15) is 76.3 Å². The number of nitrogens with zero attached hydrogens (tertiary/aromatic N) is 4. The summed E-state index contributed by atoms with van der Waals surface area (Å²) in [6.07, 6.45) is 10.7. The van der Waals surface area contributed by atoms with Gasteiger partial charge in [0.15, 0.2) is 0 Å². The smallest absolute Gasteiger partial charge is 0.409 e. The van der Waals surface area contributed by atoms with E-state index in [1.54, 1.807) is 4.90 Å². The van der Waals surface area contributed by atoms with Gasteiger partial charge in [-0.1, -0.05) is 32.0 Å². The lowest BCUT2D eigenvalue weighted by Gasteiger charge is -2.43. The molecule has 2 N–H and O–H groups in total. The van der Waals surface area contributed by atoms with E-state index in [2.05, 4.69) is 60.0 Å². The number of methoxy groups -OCH3 is 1. The Hall–Kier alpha value is -2.83. The molecule has 1 atom stereocenters. The van der Waals surface area contributed by atoms with Crippen LogP contribution in [0.3, 0.4) is 0 Å². The van der Waals surface area contributed by atoms with Crippen molar-refractivity contribution in [2.75, 3.05) is 58.2 Å². The Morgan fingerprint density at radius 1 is 0.904 bits per heavy atom. The monoisotopic (exact) mass is 843 g/mol. The molecule has 4 fully saturated rings. The molecule has 0 spiro atoms. The SMILES string of the molecule is COC(=O)N1CCC(N2CCc3ccccc3NC2=O)CC1.C[C@H](Cc1cc(Br)c(O)c(Br)c1)C(=O)N1CCC(N2CCC(C3(C)CC3)CC2)CC1. The number of hydrogen-bond acceptors (Lipinski definition) is 6. The second-order valence-corrected chi connectivity index (χ2v) is 17.5. The Balaban J connectivity index is 0.000000187. The van der Waals surface area contributed by atoms with E-state index in [9.17, 15) is 19.5 Å². The summed E-state index contributed by atoms with van der Waals surface area (Å²) in [5.41, 5.74) is 3.79. The molecule has 1 aliphatic carbocycles. The molecular weight excluding hydrogens is 790 g/mol.